The van der Waals surface area contributed by atoms with E-state index in [-0.39, 0.29) is 5.91 Å². The molecule has 27 heavy (non-hydrogen) atoms. The highest BCUT2D eigenvalue weighted by Crippen LogP contribution is 2.33. The number of methoxy groups -OCH3 is 1. The Balaban J connectivity index is 1.69. The Morgan fingerprint density at radius 3 is 2.96 bits per heavy atom. The van der Waals surface area contributed by atoms with Crippen molar-refractivity contribution in [3.05, 3.63) is 58.4 Å². The van der Waals surface area contributed by atoms with E-state index < -0.39 is 0 Å². The number of aryl methyl sites for hydroxylation is 1. The topological polar surface area (TPSA) is 76.1 Å². The maximum Gasteiger partial charge on any atom is 0.259 e. The van der Waals surface area contributed by atoms with Crippen LogP contribution in [0.3, 0.4) is 0 Å². The highest BCUT2D eigenvalue weighted by molar-refractivity contribution is 7.15. The molecule has 7 heteroatoms. The second kappa shape index (κ2) is 7.46. The molecular formula is C20H20N4O2S. The Morgan fingerprint density at radius 1 is 1.30 bits per heavy atom. The van der Waals surface area contributed by atoms with Crippen molar-refractivity contribution in [2.75, 3.05) is 19.0 Å². The first-order chi connectivity index (χ1) is 13.2. The molecule has 0 spiro atoms. The van der Waals surface area contributed by atoms with Crippen LogP contribution in [-0.2, 0) is 13.0 Å². The van der Waals surface area contributed by atoms with E-state index in [0.717, 1.165) is 42.0 Å². The summed E-state index contributed by atoms with van der Waals surface area (Å²) in [5.41, 5.74) is 4.05. The lowest BCUT2D eigenvalue weighted by molar-refractivity contribution is 0.102. The zero-order valence-corrected chi connectivity index (χ0v) is 16.0. The minimum atomic E-state index is -0.220. The number of aromatic nitrogens is 2. The monoisotopic (exact) mass is 380 g/mol. The highest BCUT2D eigenvalue weighted by Gasteiger charge is 2.20. The Morgan fingerprint density at radius 2 is 2.15 bits per heavy atom. The van der Waals surface area contributed by atoms with Gasteiger partial charge in [-0.2, -0.15) is 0 Å². The SMILES string of the molecule is COc1ccccc1-c1cc(C)ncc1C(=O)Nc1nc2c(s1)CNCC2. The number of carbonyl (C=O) groups is 1. The number of thiazole rings is 1. The summed E-state index contributed by atoms with van der Waals surface area (Å²) in [6.45, 7) is 3.63. The third-order valence-corrected chi connectivity index (χ3v) is 5.52. The van der Waals surface area contributed by atoms with E-state index in [0.29, 0.717) is 16.4 Å². The van der Waals surface area contributed by atoms with Gasteiger partial charge in [0.2, 0.25) is 0 Å². The van der Waals surface area contributed by atoms with E-state index in [9.17, 15) is 4.79 Å². The van der Waals surface area contributed by atoms with Crippen LogP contribution < -0.4 is 15.4 Å². The molecule has 0 aliphatic carbocycles. The van der Waals surface area contributed by atoms with Crippen molar-refractivity contribution in [1.29, 1.82) is 0 Å². The number of fused-ring (bicyclic) bond motifs is 1. The lowest BCUT2D eigenvalue weighted by Crippen LogP contribution is -2.22. The molecular weight excluding hydrogens is 360 g/mol. The molecule has 0 fully saturated rings. The average Bonchev–Trinajstić information content (AvgIpc) is 3.10. The number of ether oxygens (including phenoxy) is 1. The molecule has 2 N–H and O–H groups in total. The smallest absolute Gasteiger partial charge is 0.259 e. The zero-order chi connectivity index (χ0) is 18.8. The van der Waals surface area contributed by atoms with Crippen molar-refractivity contribution >= 4 is 22.4 Å². The lowest BCUT2D eigenvalue weighted by atomic mass is 9.99. The molecule has 6 nitrogen and oxygen atoms in total. The summed E-state index contributed by atoms with van der Waals surface area (Å²) in [5.74, 6) is 0.496. The minimum Gasteiger partial charge on any atom is -0.496 e. The molecule has 0 saturated heterocycles. The van der Waals surface area contributed by atoms with Crippen molar-refractivity contribution in [1.82, 2.24) is 15.3 Å². The van der Waals surface area contributed by atoms with Crippen molar-refractivity contribution in [3.63, 3.8) is 0 Å². The number of hydrogen-bond donors (Lipinski definition) is 2. The van der Waals surface area contributed by atoms with Gasteiger partial charge in [0.05, 0.1) is 18.4 Å². The molecule has 138 valence electrons. The second-order valence-corrected chi connectivity index (χ2v) is 7.42. The van der Waals surface area contributed by atoms with Crippen molar-refractivity contribution in [3.8, 4) is 16.9 Å². The van der Waals surface area contributed by atoms with Crippen LogP contribution in [0.25, 0.3) is 11.1 Å². The fourth-order valence-corrected chi connectivity index (χ4v) is 4.15. The third-order valence-electron chi connectivity index (χ3n) is 4.51. The minimum absolute atomic E-state index is 0.220. The van der Waals surface area contributed by atoms with Gasteiger partial charge >= 0.3 is 0 Å². The van der Waals surface area contributed by atoms with E-state index in [1.165, 1.54) is 16.2 Å². The number of nitrogens with zero attached hydrogens (tertiary/aromatic N) is 2. The normalized spacial score (nSPS) is 13.1. The molecule has 3 heterocycles. The Labute approximate surface area is 161 Å². The van der Waals surface area contributed by atoms with Gasteiger partial charge in [-0.05, 0) is 19.1 Å². The van der Waals surface area contributed by atoms with E-state index in [4.69, 9.17) is 4.74 Å². The number of rotatable bonds is 4. The first-order valence-electron chi connectivity index (χ1n) is 8.76. The van der Waals surface area contributed by atoms with Gasteiger partial charge in [0.15, 0.2) is 5.13 Å². The van der Waals surface area contributed by atoms with Crippen LogP contribution in [0.4, 0.5) is 5.13 Å². The Bertz CT molecular complexity index is 976. The molecule has 0 atom stereocenters. The molecule has 1 aliphatic heterocycles. The summed E-state index contributed by atoms with van der Waals surface area (Å²) in [5, 5.41) is 6.89. The number of amides is 1. The average molecular weight is 380 g/mol. The third kappa shape index (κ3) is 3.56. The number of nitrogens with one attached hydrogen (secondary N) is 2. The fraction of sp³-hybridized carbons (Fsp3) is 0.250. The Kier molecular flexibility index (Phi) is 4.87. The number of pyridine rings is 1. The van der Waals surface area contributed by atoms with Crippen LogP contribution in [-0.4, -0.2) is 29.5 Å². The van der Waals surface area contributed by atoms with Gasteiger partial charge in [-0.15, -0.1) is 11.3 Å². The van der Waals surface area contributed by atoms with Crippen LogP contribution >= 0.6 is 11.3 Å². The molecule has 4 rings (SSSR count). The van der Waals surface area contributed by atoms with E-state index in [1.54, 1.807) is 13.3 Å². The summed E-state index contributed by atoms with van der Waals surface area (Å²) in [4.78, 5) is 23.1. The fourth-order valence-electron chi connectivity index (χ4n) is 3.17. The number of hydrogen-bond acceptors (Lipinski definition) is 6. The van der Waals surface area contributed by atoms with Gasteiger partial charge < -0.3 is 10.1 Å². The van der Waals surface area contributed by atoms with Crippen LogP contribution in [0.2, 0.25) is 0 Å². The summed E-state index contributed by atoms with van der Waals surface area (Å²) in [6, 6.07) is 9.57. The highest BCUT2D eigenvalue weighted by atomic mass is 32.1. The quantitative estimate of drug-likeness (QED) is 0.725. The molecule has 0 bridgehead atoms. The summed E-state index contributed by atoms with van der Waals surface area (Å²) in [6.07, 6.45) is 2.50. The maximum absolute atomic E-state index is 13.0. The number of benzene rings is 1. The van der Waals surface area contributed by atoms with Crippen molar-refractivity contribution < 1.29 is 9.53 Å². The molecule has 1 aromatic carbocycles. The van der Waals surface area contributed by atoms with Crippen molar-refractivity contribution in [2.45, 2.75) is 19.9 Å². The van der Waals surface area contributed by atoms with Crippen LogP contribution in [0, 0.1) is 6.92 Å². The van der Waals surface area contributed by atoms with E-state index in [1.807, 2.05) is 37.3 Å². The molecule has 1 amide bonds. The zero-order valence-electron chi connectivity index (χ0n) is 15.2. The number of para-hydroxylation sites is 1. The lowest BCUT2D eigenvalue weighted by Gasteiger charge is -2.13. The van der Waals surface area contributed by atoms with Crippen LogP contribution in [0.1, 0.15) is 26.6 Å². The molecule has 0 unspecified atom stereocenters. The van der Waals surface area contributed by atoms with Gasteiger partial charge in [-0.25, -0.2) is 4.98 Å². The predicted molar refractivity (Wildman–Crippen MR) is 106 cm³/mol. The van der Waals surface area contributed by atoms with Gasteiger partial charge in [0, 0.05) is 47.4 Å². The van der Waals surface area contributed by atoms with E-state index in [2.05, 4.69) is 20.6 Å². The first kappa shape index (κ1) is 17.6. The predicted octanol–water partition coefficient (Wildman–Crippen LogP) is 3.42. The van der Waals surface area contributed by atoms with E-state index >= 15 is 0 Å². The van der Waals surface area contributed by atoms with Crippen LogP contribution in [0.15, 0.2) is 36.5 Å². The molecule has 3 aromatic rings. The Hall–Kier alpha value is -2.77. The number of anilines is 1. The number of carbonyl (C=O) groups excluding carboxylic acids is 1. The van der Waals surface area contributed by atoms with Crippen LogP contribution in [0.5, 0.6) is 5.75 Å². The standard InChI is InChI=1S/C20H20N4O2S/c1-12-9-14(13-5-3-4-6-17(13)26-2)15(10-22-12)19(25)24-20-23-16-7-8-21-11-18(16)27-20/h3-6,9-10,21H,7-8,11H2,1-2H3,(H,23,24,25). The van der Waals surface area contributed by atoms with Gasteiger partial charge in [0.25, 0.3) is 5.91 Å². The maximum atomic E-state index is 13.0. The molecule has 2 aromatic heterocycles. The van der Waals surface area contributed by atoms with Gasteiger partial charge in [-0.3, -0.25) is 15.1 Å². The second-order valence-electron chi connectivity index (χ2n) is 6.34. The van der Waals surface area contributed by atoms with Gasteiger partial charge in [0.1, 0.15) is 5.75 Å². The van der Waals surface area contributed by atoms with Gasteiger partial charge in [-0.1, -0.05) is 18.2 Å². The first-order valence-corrected chi connectivity index (χ1v) is 9.58. The molecule has 0 saturated carbocycles. The van der Waals surface area contributed by atoms with Crippen molar-refractivity contribution in [2.24, 2.45) is 0 Å². The summed E-state index contributed by atoms with van der Waals surface area (Å²) in [7, 11) is 1.63. The molecule has 0 radical (unpaired) electrons. The largest absolute Gasteiger partial charge is 0.496 e. The summed E-state index contributed by atoms with van der Waals surface area (Å²) < 4.78 is 5.48. The molecule has 1 aliphatic rings. The summed E-state index contributed by atoms with van der Waals surface area (Å²) >= 11 is 1.52.